The maximum absolute atomic E-state index is 12.8. The van der Waals surface area contributed by atoms with E-state index in [1.807, 2.05) is 0 Å². The van der Waals surface area contributed by atoms with Crippen molar-refractivity contribution in [3.05, 3.63) is 36.3 Å². The number of carbonyl (C=O) groups is 1. The minimum Gasteiger partial charge on any atom is -0.480 e. The molecule has 1 aliphatic heterocycles. The summed E-state index contributed by atoms with van der Waals surface area (Å²) in [6.45, 7) is 1.83. The van der Waals surface area contributed by atoms with Crippen molar-refractivity contribution in [1.29, 1.82) is 0 Å². The number of nitrogens with zero attached hydrogens (tertiary/aromatic N) is 4. The molecule has 0 aromatic carbocycles. The molecule has 0 bridgehead atoms. The summed E-state index contributed by atoms with van der Waals surface area (Å²) in [7, 11) is -3.91. The zero-order valence-electron chi connectivity index (χ0n) is 12.5. The fourth-order valence-corrected chi connectivity index (χ4v) is 4.55. The van der Waals surface area contributed by atoms with Gasteiger partial charge in [-0.05, 0) is 31.9 Å². The van der Waals surface area contributed by atoms with Gasteiger partial charge in [-0.15, -0.1) is 0 Å². The van der Waals surface area contributed by atoms with Crippen LogP contribution < -0.4 is 0 Å². The lowest BCUT2D eigenvalue weighted by Crippen LogP contribution is -2.40. The monoisotopic (exact) mass is 336 g/mol. The van der Waals surface area contributed by atoms with Crippen LogP contribution >= 0.6 is 0 Å². The van der Waals surface area contributed by atoms with Crippen molar-refractivity contribution in [3.63, 3.8) is 0 Å². The van der Waals surface area contributed by atoms with Gasteiger partial charge in [0.1, 0.15) is 10.9 Å². The van der Waals surface area contributed by atoms with Gasteiger partial charge in [0.25, 0.3) is 0 Å². The van der Waals surface area contributed by atoms with Crippen LogP contribution in [0.3, 0.4) is 0 Å². The Balaban J connectivity index is 2.02. The molecular formula is C14H16N4O4S. The van der Waals surface area contributed by atoms with E-state index >= 15 is 0 Å². The smallest absolute Gasteiger partial charge is 0.322 e. The van der Waals surface area contributed by atoms with Crippen LogP contribution in [-0.2, 0) is 14.8 Å². The molecule has 0 saturated carbocycles. The van der Waals surface area contributed by atoms with Crippen LogP contribution in [0.25, 0.3) is 5.82 Å². The van der Waals surface area contributed by atoms with Crippen molar-refractivity contribution < 1.29 is 18.3 Å². The lowest BCUT2D eigenvalue weighted by molar-refractivity contribution is -0.140. The standard InChI is InChI=1S/C14H16N4O4S/c1-10-12(9-16-18(10)13-6-2-3-7-15-13)23(21,22)17-8-4-5-11(17)14(19)20/h2-3,6-7,9,11H,4-5,8H2,1H3,(H,19,20)/t11-/m0/s1. The summed E-state index contributed by atoms with van der Waals surface area (Å²) >= 11 is 0. The molecule has 2 aromatic heterocycles. The van der Waals surface area contributed by atoms with Gasteiger partial charge in [-0.2, -0.15) is 9.40 Å². The highest BCUT2D eigenvalue weighted by atomic mass is 32.2. The maximum Gasteiger partial charge on any atom is 0.322 e. The normalized spacial score (nSPS) is 19.1. The number of aliphatic carboxylic acids is 1. The number of carboxylic acids is 1. The van der Waals surface area contributed by atoms with Gasteiger partial charge in [-0.25, -0.2) is 18.1 Å². The molecule has 2 aromatic rings. The highest BCUT2D eigenvalue weighted by molar-refractivity contribution is 7.89. The second-order valence-electron chi connectivity index (χ2n) is 5.31. The van der Waals surface area contributed by atoms with Gasteiger partial charge in [0.05, 0.1) is 11.9 Å². The molecule has 122 valence electrons. The van der Waals surface area contributed by atoms with Crippen LogP contribution in [0.2, 0.25) is 0 Å². The first-order chi connectivity index (χ1) is 10.9. The van der Waals surface area contributed by atoms with E-state index in [1.165, 1.54) is 10.9 Å². The zero-order valence-corrected chi connectivity index (χ0v) is 13.3. The van der Waals surface area contributed by atoms with Crippen molar-refractivity contribution in [3.8, 4) is 5.82 Å². The summed E-state index contributed by atoms with van der Waals surface area (Å²) < 4.78 is 28.1. The SMILES string of the molecule is Cc1c(S(=O)(=O)N2CCC[C@H]2C(=O)O)cnn1-c1ccccn1. The van der Waals surface area contributed by atoms with Crippen LogP contribution in [0.1, 0.15) is 18.5 Å². The van der Waals surface area contributed by atoms with E-state index in [9.17, 15) is 18.3 Å². The summed E-state index contributed by atoms with van der Waals surface area (Å²) in [5.41, 5.74) is 0.403. The summed E-state index contributed by atoms with van der Waals surface area (Å²) in [5.74, 6) is -0.622. The van der Waals surface area contributed by atoms with E-state index < -0.39 is 22.0 Å². The van der Waals surface area contributed by atoms with Gasteiger partial charge in [0.15, 0.2) is 5.82 Å². The van der Waals surface area contributed by atoms with Crippen LogP contribution in [0, 0.1) is 6.92 Å². The minimum absolute atomic E-state index is 0.0105. The maximum atomic E-state index is 12.8. The Bertz CT molecular complexity index is 832. The molecule has 8 nitrogen and oxygen atoms in total. The summed E-state index contributed by atoms with van der Waals surface area (Å²) in [5, 5.41) is 13.3. The first kappa shape index (κ1) is 15.6. The van der Waals surface area contributed by atoms with Crippen LogP contribution in [0.5, 0.6) is 0 Å². The fourth-order valence-electron chi connectivity index (χ4n) is 2.76. The topological polar surface area (TPSA) is 105 Å². The Kier molecular flexibility index (Phi) is 3.90. The molecule has 1 aliphatic rings. The average molecular weight is 336 g/mol. The summed E-state index contributed by atoms with van der Waals surface area (Å²) in [6, 6.07) is 4.23. The first-order valence-electron chi connectivity index (χ1n) is 7.13. The van der Waals surface area contributed by atoms with E-state index in [4.69, 9.17) is 0 Å². The van der Waals surface area contributed by atoms with E-state index in [1.54, 1.807) is 31.3 Å². The lowest BCUT2D eigenvalue weighted by Gasteiger charge is -2.20. The Hall–Kier alpha value is -2.26. The van der Waals surface area contributed by atoms with Crippen molar-refractivity contribution >= 4 is 16.0 Å². The molecule has 9 heteroatoms. The molecule has 23 heavy (non-hydrogen) atoms. The van der Waals surface area contributed by atoms with E-state index in [-0.39, 0.29) is 11.4 Å². The van der Waals surface area contributed by atoms with Gasteiger partial charge >= 0.3 is 5.97 Å². The zero-order chi connectivity index (χ0) is 16.6. The number of rotatable bonds is 4. The Labute approximate surface area is 133 Å². The minimum atomic E-state index is -3.91. The third-order valence-electron chi connectivity index (χ3n) is 3.91. The van der Waals surface area contributed by atoms with Gasteiger partial charge in [-0.3, -0.25) is 4.79 Å². The molecule has 1 saturated heterocycles. The lowest BCUT2D eigenvalue weighted by atomic mass is 10.2. The number of aromatic nitrogens is 3. The molecule has 1 N–H and O–H groups in total. The largest absolute Gasteiger partial charge is 0.480 e. The third kappa shape index (κ3) is 2.62. The molecule has 0 unspecified atom stereocenters. The second kappa shape index (κ2) is 5.74. The third-order valence-corrected chi connectivity index (χ3v) is 5.92. The number of hydrogen-bond acceptors (Lipinski definition) is 5. The van der Waals surface area contributed by atoms with Crippen molar-refractivity contribution in [2.24, 2.45) is 0 Å². The molecule has 3 heterocycles. The molecule has 0 amide bonds. The number of hydrogen-bond donors (Lipinski definition) is 1. The van der Waals surface area contributed by atoms with E-state index in [2.05, 4.69) is 10.1 Å². The predicted molar refractivity (Wildman–Crippen MR) is 80.6 cm³/mol. The average Bonchev–Trinajstić information content (AvgIpc) is 3.15. The quantitative estimate of drug-likeness (QED) is 0.886. The van der Waals surface area contributed by atoms with Gasteiger partial charge < -0.3 is 5.11 Å². The predicted octanol–water partition coefficient (Wildman–Crippen LogP) is 0.813. The van der Waals surface area contributed by atoms with Gasteiger partial charge in [-0.1, -0.05) is 6.07 Å². The number of pyridine rings is 1. The number of carboxylic acid groups (broad SMARTS) is 1. The van der Waals surface area contributed by atoms with Gasteiger partial charge in [0.2, 0.25) is 10.0 Å². The van der Waals surface area contributed by atoms with Crippen LogP contribution in [0.15, 0.2) is 35.5 Å². The highest BCUT2D eigenvalue weighted by Gasteiger charge is 2.40. The first-order valence-corrected chi connectivity index (χ1v) is 8.57. The second-order valence-corrected chi connectivity index (χ2v) is 7.16. The molecule has 0 aliphatic carbocycles. The fraction of sp³-hybridized carbons (Fsp3) is 0.357. The van der Waals surface area contributed by atoms with Crippen LogP contribution in [0.4, 0.5) is 0 Å². The molecule has 3 rings (SSSR count). The molecule has 1 fully saturated rings. The van der Waals surface area contributed by atoms with Crippen molar-refractivity contribution in [1.82, 2.24) is 19.1 Å². The molecular weight excluding hydrogens is 320 g/mol. The summed E-state index contributed by atoms with van der Waals surface area (Å²) in [4.78, 5) is 15.4. The number of sulfonamides is 1. The Morgan fingerprint density at radius 3 is 2.83 bits per heavy atom. The van der Waals surface area contributed by atoms with Crippen molar-refractivity contribution in [2.75, 3.05) is 6.54 Å². The Morgan fingerprint density at radius 1 is 1.39 bits per heavy atom. The van der Waals surface area contributed by atoms with Crippen LogP contribution in [-0.4, -0.2) is 51.1 Å². The Morgan fingerprint density at radius 2 is 2.17 bits per heavy atom. The molecule has 0 radical (unpaired) electrons. The van der Waals surface area contributed by atoms with Gasteiger partial charge in [0, 0.05) is 12.7 Å². The highest BCUT2D eigenvalue weighted by Crippen LogP contribution is 2.28. The van der Waals surface area contributed by atoms with Crippen molar-refractivity contribution in [2.45, 2.75) is 30.7 Å². The summed E-state index contributed by atoms with van der Waals surface area (Å²) in [6.07, 6.45) is 3.69. The van der Waals surface area contributed by atoms with E-state index in [0.29, 0.717) is 24.4 Å². The molecule has 0 spiro atoms. The molecule has 1 atom stereocenters. The van der Waals surface area contributed by atoms with E-state index in [0.717, 1.165) is 4.31 Å².